The fourth-order valence-electron chi connectivity index (χ4n) is 1.63. The third-order valence-electron chi connectivity index (χ3n) is 2.50. The summed E-state index contributed by atoms with van der Waals surface area (Å²) in [6.45, 7) is 1.44. The zero-order chi connectivity index (χ0) is 15.7. The molecule has 0 spiro atoms. The minimum atomic E-state index is -0.485. The third-order valence-corrected chi connectivity index (χ3v) is 3.48. The summed E-state index contributed by atoms with van der Waals surface area (Å²) < 4.78 is 5.70. The molecular weight excluding hydrogens is 308 g/mol. The first kappa shape index (κ1) is 20.3. The van der Waals surface area contributed by atoms with Crippen molar-refractivity contribution in [1.29, 1.82) is 0 Å². The van der Waals surface area contributed by atoms with Crippen molar-refractivity contribution in [3.63, 3.8) is 0 Å². The molecule has 8 nitrogen and oxygen atoms in total. The highest BCUT2D eigenvalue weighted by molar-refractivity contribution is 7.98. The van der Waals surface area contributed by atoms with Crippen molar-refractivity contribution in [2.24, 2.45) is 0 Å². The Hall–Kier alpha value is -1.71. The van der Waals surface area contributed by atoms with Crippen LogP contribution in [0.3, 0.4) is 0 Å². The molecule has 0 aliphatic carbocycles. The van der Waals surface area contributed by atoms with E-state index in [4.69, 9.17) is 4.42 Å². The van der Waals surface area contributed by atoms with Gasteiger partial charge in [-0.25, -0.2) is 0 Å². The molecule has 0 fully saturated rings. The highest BCUT2D eigenvalue weighted by Crippen LogP contribution is 2.15. The van der Waals surface area contributed by atoms with Gasteiger partial charge >= 0.3 is 0 Å². The fraction of sp³-hybridized carbons (Fsp3) is 0.538. The van der Waals surface area contributed by atoms with Crippen molar-refractivity contribution in [2.75, 3.05) is 33.4 Å². The molecule has 0 bridgehead atoms. The van der Waals surface area contributed by atoms with Crippen LogP contribution >= 0.6 is 11.8 Å². The summed E-state index contributed by atoms with van der Waals surface area (Å²) in [6, 6.07) is 3.98. The van der Waals surface area contributed by atoms with E-state index in [0.717, 1.165) is 35.8 Å². The molecule has 1 aromatic heterocycles. The minimum Gasteiger partial charge on any atom is -0.464 e. The van der Waals surface area contributed by atoms with Crippen molar-refractivity contribution in [3.05, 3.63) is 45.8 Å². The molecule has 0 unspecified atom stereocenters. The number of thioether (sulfide) groups is 1. The van der Waals surface area contributed by atoms with E-state index in [1.54, 1.807) is 18.8 Å². The zero-order valence-electron chi connectivity index (χ0n) is 13.1. The Bertz CT molecular complexity index is 476. The van der Waals surface area contributed by atoms with Gasteiger partial charge < -0.3 is 25.4 Å². The molecule has 1 aromatic rings. The molecule has 0 aromatic carbocycles. The van der Waals surface area contributed by atoms with Crippen molar-refractivity contribution < 1.29 is 14.8 Å². The number of nitro groups is 1. The molecule has 0 atom stereocenters. The lowest BCUT2D eigenvalue weighted by atomic mass is 10.4. The van der Waals surface area contributed by atoms with Gasteiger partial charge in [0.2, 0.25) is 0 Å². The van der Waals surface area contributed by atoms with Crippen LogP contribution in [0.25, 0.3) is 0 Å². The van der Waals surface area contributed by atoms with Gasteiger partial charge in [0.1, 0.15) is 11.5 Å². The summed E-state index contributed by atoms with van der Waals surface area (Å²) in [7, 11) is 5.64. The first-order valence-corrected chi connectivity index (χ1v) is 7.73. The van der Waals surface area contributed by atoms with Crippen LogP contribution in [0.1, 0.15) is 11.5 Å². The van der Waals surface area contributed by atoms with Crippen LogP contribution in [-0.2, 0) is 12.3 Å². The molecule has 0 saturated carbocycles. The van der Waals surface area contributed by atoms with Crippen LogP contribution in [0, 0.1) is 10.1 Å². The summed E-state index contributed by atoms with van der Waals surface area (Å²) in [5.41, 5.74) is 0. The number of hydrogen-bond acceptors (Lipinski definition) is 7. The van der Waals surface area contributed by atoms with E-state index in [1.807, 2.05) is 26.2 Å². The highest BCUT2D eigenvalue weighted by Gasteiger charge is 2.04. The van der Waals surface area contributed by atoms with Crippen molar-refractivity contribution >= 4 is 11.8 Å². The Morgan fingerprint density at radius 3 is 2.73 bits per heavy atom. The van der Waals surface area contributed by atoms with Gasteiger partial charge in [-0.2, -0.15) is 11.8 Å². The Morgan fingerprint density at radius 1 is 1.45 bits per heavy atom. The van der Waals surface area contributed by atoms with Crippen LogP contribution in [0.15, 0.2) is 28.6 Å². The summed E-state index contributed by atoms with van der Waals surface area (Å²) in [4.78, 5) is 11.9. The SMILES string of the molecule is CN/C(=C/[N+](=O)[O-])NCCSCc1ccc(CN(C)C)o1.O. The molecule has 9 heteroatoms. The summed E-state index contributed by atoms with van der Waals surface area (Å²) in [6.07, 6.45) is 0.921. The lowest BCUT2D eigenvalue weighted by Crippen LogP contribution is -2.26. The molecule has 0 amide bonds. The zero-order valence-corrected chi connectivity index (χ0v) is 13.9. The van der Waals surface area contributed by atoms with Crippen molar-refractivity contribution in [1.82, 2.24) is 15.5 Å². The highest BCUT2D eigenvalue weighted by atomic mass is 32.2. The Labute approximate surface area is 134 Å². The smallest absolute Gasteiger partial charge is 0.274 e. The largest absolute Gasteiger partial charge is 0.464 e. The average molecular weight is 332 g/mol. The summed E-state index contributed by atoms with van der Waals surface area (Å²) in [5, 5.41) is 16.1. The molecule has 1 rings (SSSR count). The van der Waals surface area contributed by atoms with Gasteiger partial charge in [-0.1, -0.05) is 0 Å². The normalized spacial score (nSPS) is 11.2. The molecule has 0 aliphatic heterocycles. The van der Waals surface area contributed by atoms with E-state index in [9.17, 15) is 10.1 Å². The maximum Gasteiger partial charge on any atom is 0.274 e. The van der Waals surface area contributed by atoms with Gasteiger partial charge in [-0.15, -0.1) is 0 Å². The molecule has 1 heterocycles. The first-order chi connectivity index (χ1) is 10.0. The van der Waals surface area contributed by atoms with Gasteiger partial charge in [0.15, 0.2) is 5.82 Å². The molecule has 0 aliphatic rings. The lowest BCUT2D eigenvalue weighted by molar-refractivity contribution is -0.404. The second-order valence-corrected chi connectivity index (χ2v) is 5.77. The first-order valence-electron chi connectivity index (χ1n) is 6.58. The number of nitrogens with zero attached hydrogens (tertiary/aromatic N) is 2. The van der Waals surface area contributed by atoms with Gasteiger partial charge in [-0.3, -0.25) is 10.1 Å². The third kappa shape index (κ3) is 8.55. The standard InChI is InChI=1S/C13H22N4O3S.H2O/c1-14-13(9-17(18)19)15-6-7-21-10-12-5-4-11(20-12)8-16(2)3;/h4-5,9,14-15H,6-8,10H2,1-3H3;1H2/b13-9-;. The Kier molecular flexibility index (Phi) is 10.1. The topological polar surface area (TPSA) is 115 Å². The van der Waals surface area contributed by atoms with Crippen LogP contribution in [0.2, 0.25) is 0 Å². The number of nitrogens with one attached hydrogen (secondary N) is 2. The van der Waals surface area contributed by atoms with Gasteiger partial charge in [0, 0.05) is 19.3 Å². The van der Waals surface area contributed by atoms with E-state index in [0.29, 0.717) is 12.4 Å². The quantitative estimate of drug-likeness (QED) is 0.367. The number of hydrogen-bond donors (Lipinski definition) is 2. The van der Waals surface area contributed by atoms with E-state index in [1.165, 1.54) is 0 Å². The molecule has 4 N–H and O–H groups in total. The van der Waals surface area contributed by atoms with Gasteiger partial charge in [-0.05, 0) is 26.2 Å². The summed E-state index contributed by atoms with van der Waals surface area (Å²) >= 11 is 1.72. The minimum absolute atomic E-state index is 0. The van der Waals surface area contributed by atoms with Crippen LogP contribution in [0.4, 0.5) is 0 Å². The molecule has 0 saturated heterocycles. The predicted octanol–water partition coefficient (Wildman–Crippen LogP) is 0.634. The second kappa shape index (κ2) is 10.9. The van der Waals surface area contributed by atoms with Crippen LogP contribution < -0.4 is 10.6 Å². The van der Waals surface area contributed by atoms with E-state index in [-0.39, 0.29) is 5.48 Å². The van der Waals surface area contributed by atoms with E-state index >= 15 is 0 Å². The molecule has 126 valence electrons. The van der Waals surface area contributed by atoms with Gasteiger partial charge in [0.25, 0.3) is 6.20 Å². The number of furan rings is 1. The van der Waals surface area contributed by atoms with Crippen LogP contribution in [0.5, 0.6) is 0 Å². The van der Waals surface area contributed by atoms with E-state index < -0.39 is 4.92 Å². The Balaban J connectivity index is 0.00000441. The van der Waals surface area contributed by atoms with Crippen LogP contribution in [-0.4, -0.2) is 48.7 Å². The monoisotopic (exact) mass is 332 g/mol. The van der Waals surface area contributed by atoms with E-state index in [2.05, 4.69) is 15.5 Å². The maximum absolute atomic E-state index is 10.3. The molecule has 0 radical (unpaired) electrons. The van der Waals surface area contributed by atoms with Crippen molar-refractivity contribution in [2.45, 2.75) is 12.3 Å². The fourth-order valence-corrected chi connectivity index (χ4v) is 2.38. The summed E-state index contributed by atoms with van der Waals surface area (Å²) in [5.74, 6) is 3.95. The second-order valence-electron chi connectivity index (χ2n) is 4.66. The predicted molar refractivity (Wildman–Crippen MR) is 88.0 cm³/mol. The van der Waals surface area contributed by atoms with Gasteiger partial charge in [0.05, 0.1) is 17.2 Å². The Morgan fingerprint density at radius 2 is 2.14 bits per heavy atom. The number of rotatable bonds is 10. The molecular formula is C13H24N4O4S. The van der Waals surface area contributed by atoms with Crippen molar-refractivity contribution in [3.8, 4) is 0 Å². The maximum atomic E-state index is 10.3. The molecule has 22 heavy (non-hydrogen) atoms. The average Bonchev–Trinajstić information content (AvgIpc) is 2.83. The lowest BCUT2D eigenvalue weighted by Gasteiger charge is -2.07.